The van der Waals surface area contributed by atoms with Gasteiger partial charge in [0.15, 0.2) is 5.78 Å². The monoisotopic (exact) mass is 592 g/mol. The van der Waals surface area contributed by atoms with Crippen molar-refractivity contribution in [3.8, 4) is 5.75 Å². The number of ether oxygens (including phenoxy) is 2. The van der Waals surface area contributed by atoms with Gasteiger partial charge in [-0.15, -0.1) is 0 Å². The average molecular weight is 593 g/mol. The van der Waals surface area contributed by atoms with Crippen LogP contribution < -0.4 is 15.0 Å². The van der Waals surface area contributed by atoms with Gasteiger partial charge in [0.2, 0.25) is 5.91 Å². The molecule has 44 heavy (non-hydrogen) atoms. The fourth-order valence-corrected chi connectivity index (χ4v) is 4.91. The molecule has 7 nitrogen and oxygen atoms in total. The number of carbonyl (C=O) groups is 3. The number of methoxy groups -OCH3 is 1. The lowest BCUT2D eigenvalue weighted by Gasteiger charge is -2.24. The highest BCUT2D eigenvalue weighted by molar-refractivity contribution is 6.12. The summed E-state index contributed by atoms with van der Waals surface area (Å²) in [5, 5.41) is 3.24. The van der Waals surface area contributed by atoms with Crippen LogP contribution in [-0.4, -0.2) is 44.0 Å². The minimum Gasteiger partial charge on any atom is -0.494 e. The molecule has 0 saturated heterocycles. The maximum atomic E-state index is 13.2. The molecule has 1 amide bonds. The van der Waals surface area contributed by atoms with Gasteiger partial charge in [0.25, 0.3) is 0 Å². The average Bonchev–Trinajstić information content (AvgIpc) is 3.05. The van der Waals surface area contributed by atoms with Crippen molar-refractivity contribution < 1.29 is 23.9 Å². The molecule has 4 aromatic rings. The molecule has 4 aromatic carbocycles. The van der Waals surface area contributed by atoms with Gasteiger partial charge in [-0.2, -0.15) is 0 Å². The van der Waals surface area contributed by atoms with Crippen LogP contribution in [0, 0.1) is 5.92 Å². The van der Waals surface area contributed by atoms with Crippen molar-refractivity contribution in [1.29, 1.82) is 0 Å². The maximum absolute atomic E-state index is 13.2. The van der Waals surface area contributed by atoms with Crippen molar-refractivity contribution in [3.05, 3.63) is 126 Å². The summed E-state index contributed by atoms with van der Waals surface area (Å²) in [4.78, 5) is 40.7. The zero-order valence-electron chi connectivity index (χ0n) is 25.6. The molecule has 228 valence electrons. The molecule has 0 bridgehead atoms. The van der Waals surface area contributed by atoms with Crippen LogP contribution in [0.25, 0.3) is 0 Å². The number of carbonyl (C=O) groups excluding carboxylic acids is 3. The second-order valence-corrected chi connectivity index (χ2v) is 11.0. The maximum Gasteiger partial charge on any atom is 0.328 e. The Kier molecular flexibility index (Phi) is 11.7. The van der Waals surface area contributed by atoms with Crippen molar-refractivity contribution >= 4 is 29.0 Å². The fourth-order valence-electron chi connectivity index (χ4n) is 4.91. The lowest BCUT2D eigenvalue weighted by molar-refractivity contribution is -0.141. The van der Waals surface area contributed by atoms with Crippen LogP contribution in [0.4, 0.5) is 11.4 Å². The van der Waals surface area contributed by atoms with Crippen molar-refractivity contribution in [2.45, 2.75) is 39.2 Å². The van der Waals surface area contributed by atoms with Crippen molar-refractivity contribution in [2.24, 2.45) is 5.92 Å². The van der Waals surface area contributed by atoms with E-state index in [2.05, 4.69) is 5.32 Å². The third-order valence-corrected chi connectivity index (χ3v) is 7.13. The van der Waals surface area contributed by atoms with E-state index in [0.717, 1.165) is 11.3 Å². The van der Waals surface area contributed by atoms with E-state index in [1.807, 2.05) is 97.6 Å². The van der Waals surface area contributed by atoms with Gasteiger partial charge >= 0.3 is 5.97 Å². The van der Waals surface area contributed by atoms with Gasteiger partial charge in [-0.25, -0.2) is 4.79 Å². The number of hydrogen-bond acceptors (Lipinski definition) is 6. The second kappa shape index (κ2) is 16.1. The molecule has 1 N–H and O–H groups in total. The summed E-state index contributed by atoms with van der Waals surface area (Å²) in [5.41, 5.74) is 3.41. The topological polar surface area (TPSA) is 84.9 Å². The molecule has 0 aliphatic heterocycles. The quantitative estimate of drug-likeness (QED) is 0.0913. The summed E-state index contributed by atoms with van der Waals surface area (Å²) in [5.74, 6) is 0.535. The number of nitrogens with one attached hydrogen (secondary N) is 1. The van der Waals surface area contributed by atoms with E-state index in [1.54, 1.807) is 30.3 Å². The van der Waals surface area contributed by atoms with Crippen molar-refractivity contribution in [1.82, 2.24) is 0 Å². The Balaban J connectivity index is 1.36. The highest BCUT2D eigenvalue weighted by atomic mass is 16.5. The van der Waals surface area contributed by atoms with E-state index in [0.29, 0.717) is 55.0 Å². The summed E-state index contributed by atoms with van der Waals surface area (Å²) < 4.78 is 11.1. The van der Waals surface area contributed by atoms with Gasteiger partial charge in [-0.1, -0.05) is 86.6 Å². The van der Waals surface area contributed by atoms with Crippen molar-refractivity contribution in [2.75, 3.05) is 30.5 Å². The first-order valence-electron chi connectivity index (χ1n) is 15.0. The molecular formula is C37H40N2O5. The lowest BCUT2D eigenvalue weighted by Crippen LogP contribution is -2.33. The Morgan fingerprint density at radius 3 is 2.09 bits per heavy atom. The first-order valence-corrected chi connectivity index (χ1v) is 15.0. The van der Waals surface area contributed by atoms with Gasteiger partial charge in [-0.05, 0) is 54.3 Å². The molecule has 1 unspecified atom stereocenters. The number of esters is 1. The Bertz CT molecular complexity index is 1500. The number of benzene rings is 4. The van der Waals surface area contributed by atoms with Crippen LogP contribution in [0.2, 0.25) is 0 Å². The molecular weight excluding hydrogens is 552 g/mol. The summed E-state index contributed by atoms with van der Waals surface area (Å²) >= 11 is 0. The largest absolute Gasteiger partial charge is 0.494 e. The first kappa shape index (κ1) is 32.0. The standard InChI is InChI=1S/C37H40N2O5/c1-27(2)25-35(40)39(30-15-8-5-9-16-30)23-12-24-44-31-21-19-28(20-22-31)26-34(37(42)43-3)38-33-18-11-10-17-32(33)36(41)29-13-6-4-7-14-29/h4-11,13-22,27,34,38H,12,23-26H2,1-3H3. The number of anilines is 2. The summed E-state index contributed by atoms with van der Waals surface area (Å²) in [6, 6.07) is 32.8. The van der Waals surface area contributed by atoms with Crippen LogP contribution >= 0.6 is 0 Å². The van der Waals surface area contributed by atoms with E-state index >= 15 is 0 Å². The number of hydrogen-bond donors (Lipinski definition) is 1. The molecule has 0 aromatic heterocycles. The highest BCUT2D eigenvalue weighted by Crippen LogP contribution is 2.23. The van der Waals surface area contributed by atoms with Crippen LogP contribution in [0.15, 0.2) is 109 Å². The molecule has 4 rings (SSSR count). The SMILES string of the molecule is COC(=O)C(Cc1ccc(OCCCN(C(=O)CC(C)C)c2ccccc2)cc1)Nc1ccccc1C(=O)c1ccccc1. The number of para-hydroxylation sites is 2. The first-order chi connectivity index (χ1) is 21.4. The fraction of sp³-hybridized carbons (Fsp3) is 0.270. The zero-order chi connectivity index (χ0) is 31.3. The van der Waals surface area contributed by atoms with Crippen LogP contribution in [-0.2, 0) is 20.7 Å². The summed E-state index contributed by atoms with van der Waals surface area (Å²) in [6.07, 6.45) is 1.52. The summed E-state index contributed by atoms with van der Waals surface area (Å²) in [7, 11) is 1.35. The van der Waals surface area contributed by atoms with E-state index in [-0.39, 0.29) is 17.6 Å². The summed E-state index contributed by atoms with van der Waals surface area (Å²) in [6.45, 7) is 5.11. The Hall–Kier alpha value is -4.91. The van der Waals surface area contributed by atoms with Gasteiger partial charge in [0.05, 0.1) is 13.7 Å². The van der Waals surface area contributed by atoms with E-state index < -0.39 is 12.0 Å². The van der Waals surface area contributed by atoms with E-state index in [9.17, 15) is 14.4 Å². The molecule has 0 aliphatic carbocycles. The normalized spacial score (nSPS) is 11.5. The number of amides is 1. The van der Waals surface area contributed by atoms with Crippen molar-refractivity contribution in [3.63, 3.8) is 0 Å². The lowest BCUT2D eigenvalue weighted by atomic mass is 10.00. The number of ketones is 1. The molecule has 7 heteroatoms. The molecule has 0 aliphatic rings. The number of rotatable bonds is 15. The predicted molar refractivity (Wildman–Crippen MR) is 174 cm³/mol. The molecule has 1 atom stereocenters. The molecule has 0 spiro atoms. The molecule has 0 radical (unpaired) electrons. The third kappa shape index (κ3) is 9.04. The van der Waals surface area contributed by atoms with E-state index in [1.165, 1.54) is 7.11 Å². The second-order valence-electron chi connectivity index (χ2n) is 11.0. The smallest absolute Gasteiger partial charge is 0.328 e. The Morgan fingerprint density at radius 2 is 1.43 bits per heavy atom. The van der Waals surface area contributed by atoms with Gasteiger partial charge in [0.1, 0.15) is 11.8 Å². The zero-order valence-corrected chi connectivity index (χ0v) is 25.6. The number of nitrogens with zero attached hydrogens (tertiary/aromatic N) is 1. The van der Waals surface area contributed by atoms with Gasteiger partial charge in [-0.3, -0.25) is 9.59 Å². The van der Waals surface area contributed by atoms with Crippen LogP contribution in [0.1, 0.15) is 48.2 Å². The molecule has 0 fully saturated rings. The minimum atomic E-state index is -0.705. The Labute approximate surface area is 259 Å². The third-order valence-electron chi connectivity index (χ3n) is 7.13. The highest BCUT2D eigenvalue weighted by Gasteiger charge is 2.23. The molecule has 0 saturated carbocycles. The van der Waals surface area contributed by atoms with Gasteiger partial charge in [0, 0.05) is 41.9 Å². The van der Waals surface area contributed by atoms with Crippen LogP contribution in [0.3, 0.4) is 0 Å². The molecule has 0 heterocycles. The van der Waals surface area contributed by atoms with Crippen LogP contribution in [0.5, 0.6) is 5.75 Å². The van der Waals surface area contributed by atoms with Gasteiger partial charge < -0.3 is 19.7 Å². The Morgan fingerprint density at radius 1 is 0.795 bits per heavy atom. The van der Waals surface area contributed by atoms with E-state index in [4.69, 9.17) is 9.47 Å². The predicted octanol–water partition coefficient (Wildman–Crippen LogP) is 6.96. The minimum absolute atomic E-state index is 0.108.